The lowest BCUT2D eigenvalue weighted by Gasteiger charge is -2.40. The SMILES string of the molecule is Cc1cc(F)ccc1C(=O)NC1(C(N)=S)CCN(C)CC1. The molecule has 0 bridgehead atoms. The van der Waals surface area contributed by atoms with E-state index in [4.69, 9.17) is 18.0 Å². The number of nitrogens with one attached hydrogen (secondary N) is 1. The predicted octanol–water partition coefficient (Wildman–Crippen LogP) is 1.61. The van der Waals surface area contributed by atoms with Crippen LogP contribution >= 0.6 is 12.2 Å². The predicted molar refractivity (Wildman–Crippen MR) is 84.9 cm³/mol. The molecule has 0 radical (unpaired) electrons. The van der Waals surface area contributed by atoms with Gasteiger partial charge >= 0.3 is 0 Å². The Balaban J connectivity index is 2.21. The summed E-state index contributed by atoms with van der Waals surface area (Å²) < 4.78 is 13.1. The second kappa shape index (κ2) is 6.07. The minimum Gasteiger partial charge on any atom is -0.391 e. The highest BCUT2D eigenvalue weighted by atomic mass is 32.1. The van der Waals surface area contributed by atoms with Crippen molar-refractivity contribution >= 4 is 23.1 Å². The number of hydrogen-bond acceptors (Lipinski definition) is 3. The van der Waals surface area contributed by atoms with E-state index in [0.717, 1.165) is 13.1 Å². The van der Waals surface area contributed by atoms with Crippen molar-refractivity contribution in [2.45, 2.75) is 25.3 Å². The van der Waals surface area contributed by atoms with E-state index in [1.807, 2.05) is 7.05 Å². The number of piperidine rings is 1. The molecule has 1 aromatic rings. The molecule has 0 unspecified atom stereocenters. The van der Waals surface area contributed by atoms with Gasteiger partial charge in [-0.1, -0.05) is 12.2 Å². The second-order valence-electron chi connectivity index (χ2n) is 5.66. The third-order valence-corrected chi connectivity index (χ3v) is 4.49. The lowest BCUT2D eigenvalue weighted by molar-refractivity contribution is 0.0889. The average Bonchev–Trinajstić information content (AvgIpc) is 2.41. The Kier molecular flexibility index (Phi) is 4.58. The summed E-state index contributed by atoms with van der Waals surface area (Å²) in [6.07, 6.45) is 1.37. The molecule has 1 saturated heterocycles. The highest BCUT2D eigenvalue weighted by molar-refractivity contribution is 7.80. The molecule has 1 amide bonds. The summed E-state index contributed by atoms with van der Waals surface area (Å²) in [5, 5.41) is 2.97. The molecule has 3 N–H and O–H groups in total. The van der Waals surface area contributed by atoms with Crippen LogP contribution in [0.2, 0.25) is 0 Å². The zero-order valence-corrected chi connectivity index (χ0v) is 13.1. The zero-order chi connectivity index (χ0) is 15.6. The molecule has 0 spiro atoms. The number of carbonyl (C=O) groups excluding carboxylic acids is 1. The molecule has 1 heterocycles. The highest BCUT2D eigenvalue weighted by Crippen LogP contribution is 2.23. The average molecular weight is 309 g/mol. The Labute approximate surface area is 129 Å². The van der Waals surface area contributed by atoms with Gasteiger partial charge in [-0.25, -0.2) is 4.39 Å². The topological polar surface area (TPSA) is 58.4 Å². The molecule has 6 heteroatoms. The van der Waals surface area contributed by atoms with Crippen LogP contribution in [0.15, 0.2) is 18.2 Å². The summed E-state index contributed by atoms with van der Waals surface area (Å²) in [4.78, 5) is 15.0. The first kappa shape index (κ1) is 15.9. The van der Waals surface area contributed by atoms with Crippen molar-refractivity contribution in [1.29, 1.82) is 0 Å². The van der Waals surface area contributed by atoms with Crippen LogP contribution in [-0.2, 0) is 0 Å². The van der Waals surface area contributed by atoms with Gasteiger partial charge in [-0.3, -0.25) is 4.79 Å². The maximum absolute atomic E-state index is 13.1. The van der Waals surface area contributed by atoms with Gasteiger partial charge in [0, 0.05) is 18.7 Å². The molecule has 1 aromatic carbocycles. The van der Waals surface area contributed by atoms with Gasteiger partial charge in [-0.15, -0.1) is 0 Å². The van der Waals surface area contributed by atoms with E-state index < -0.39 is 5.54 Å². The minimum atomic E-state index is -0.653. The number of likely N-dealkylation sites (tertiary alicyclic amines) is 1. The Morgan fingerprint density at radius 2 is 2.05 bits per heavy atom. The van der Waals surface area contributed by atoms with Crippen LogP contribution < -0.4 is 11.1 Å². The molecular formula is C15H20FN3OS. The largest absolute Gasteiger partial charge is 0.391 e. The molecule has 114 valence electrons. The first-order valence-electron chi connectivity index (χ1n) is 6.91. The summed E-state index contributed by atoms with van der Waals surface area (Å²) in [5.41, 5.74) is 6.27. The molecular weight excluding hydrogens is 289 g/mol. The monoisotopic (exact) mass is 309 g/mol. The van der Waals surface area contributed by atoms with E-state index in [-0.39, 0.29) is 11.7 Å². The van der Waals surface area contributed by atoms with Gasteiger partial charge in [-0.05, 0) is 50.6 Å². The fourth-order valence-corrected chi connectivity index (χ4v) is 2.85. The molecule has 0 aliphatic carbocycles. The van der Waals surface area contributed by atoms with Crippen LogP contribution in [0.5, 0.6) is 0 Å². The van der Waals surface area contributed by atoms with Crippen LogP contribution in [-0.4, -0.2) is 41.5 Å². The summed E-state index contributed by atoms with van der Waals surface area (Å²) >= 11 is 5.17. The van der Waals surface area contributed by atoms with E-state index in [0.29, 0.717) is 29.0 Å². The summed E-state index contributed by atoms with van der Waals surface area (Å²) in [5.74, 6) is -0.614. The van der Waals surface area contributed by atoms with Gasteiger partial charge in [0.1, 0.15) is 5.82 Å². The minimum absolute atomic E-state index is 0.259. The van der Waals surface area contributed by atoms with E-state index in [2.05, 4.69) is 10.2 Å². The van der Waals surface area contributed by atoms with Crippen molar-refractivity contribution in [2.24, 2.45) is 5.73 Å². The normalized spacial score (nSPS) is 18.2. The Morgan fingerprint density at radius 1 is 1.43 bits per heavy atom. The number of nitrogens with zero attached hydrogens (tertiary/aromatic N) is 1. The van der Waals surface area contributed by atoms with E-state index in [9.17, 15) is 9.18 Å². The lowest BCUT2D eigenvalue weighted by Crippen LogP contribution is -2.61. The molecule has 2 rings (SSSR count). The molecule has 0 saturated carbocycles. The summed E-state index contributed by atoms with van der Waals surface area (Å²) in [7, 11) is 2.02. The Morgan fingerprint density at radius 3 is 2.57 bits per heavy atom. The van der Waals surface area contributed by atoms with E-state index >= 15 is 0 Å². The molecule has 1 aliphatic rings. The van der Waals surface area contributed by atoms with Gasteiger partial charge in [0.2, 0.25) is 0 Å². The number of hydrogen-bond donors (Lipinski definition) is 2. The van der Waals surface area contributed by atoms with E-state index in [1.165, 1.54) is 18.2 Å². The second-order valence-corrected chi connectivity index (χ2v) is 6.10. The van der Waals surface area contributed by atoms with Crippen LogP contribution in [0.3, 0.4) is 0 Å². The van der Waals surface area contributed by atoms with Gasteiger partial charge in [0.05, 0.1) is 10.5 Å². The molecule has 0 aromatic heterocycles. The standard InChI is InChI=1S/C15H20FN3OS/c1-10-9-11(16)3-4-12(10)13(20)18-15(14(17)21)5-7-19(2)8-6-15/h3-4,9H,5-8H2,1-2H3,(H2,17,21)(H,18,20). The van der Waals surface area contributed by atoms with Crippen molar-refractivity contribution in [1.82, 2.24) is 10.2 Å². The van der Waals surface area contributed by atoms with Crippen LogP contribution in [0.25, 0.3) is 0 Å². The van der Waals surface area contributed by atoms with Crippen LogP contribution in [0.1, 0.15) is 28.8 Å². The molecule has 0 atom stereocenters. The number of halogens is 1. The highest BCUT2D eigenvalue weighted by Gasteiger charge is 2.38. The first-order chi connectivity index (χ1) is 9.84. The van der Waals surface area contributed by atoms with Gasteiger partial charge < -0.3 is 16.0 Å². The summed E-state index contributed by atoms with van der Waals surface area (Å²) in [6, 6.07) is 4.11. The van der Waals surface area contributed by atoms with Gasteiger partial charge in [0.25, 0.3) is 5.91 Å². The third-order valence-electron chi connectivity index (χ3n) is 4.10. The number of aryl methyl sites for hydroxylation is 1. The van der Waals surface area contributed by atoms with Crippen molar-refractivity contribution in [3.63, 3.8) is 0 Å². The van der Waals surface area contributed by atoms with Crippen molar-refractivity contribution < 1.29 is 9.18 Å². The fourth-order valence-electron chi connectivity index (χ4n) is 2.60. The number of thiocarbonyl (C=S) groups is 1. The van der Waals surface area contributed by atoms with Crippen molar-refractivity contribution in [2.75, 3.05) is 20.1 Å². The number of carbonyl (C=O) groups is 1. The molecule has 1 fully saturated rings. The number of amides is 1. The van der Waals surface area contributed by atoms with E-state index in [1.54, 1.807) is 6.92 Å². The smallest absolute Gasteiger partial charge is 0.252 e. The lowest BCUT2D eigenvalue weighted by atomic mass is 9.87. The molecule has 1 aliphatic heterocycles. The maximum Gasteiger partial charge on any atom is 0.252 e. The quantitative estimate of drug-likeness (QED) is 0.833. The third kappa shape index (κ3) is 3.39. The molecule has 21 heavy (non-hydrogen) atoms. The van der Waals surface area contributed by atoms with Crippen LogP contribution in [0, 0.1) is 12.7 Å². The van der Waals surface area contributed by atoms with Gasteiger partial charge in [0.15, 0.2) is 0 Å². The Hall–Kier alpha value is -1.53. The van der Waals surface area contributed by atoms with Crippen molar-refractivity contribution in [3.05, 3.63) is 35.1 Å². The van der Waals surface area contributed by atoms with Gasteiger partial charge in [-0.2, -0.15) is 0 Å². The maximum atomic E-state index is 13.1. The van der Waals surface area contributed by atoms with Crippen LogP contribution in [0.4, 0.5) is 4.39 Å². The number of nitrogens with two attached hydrogens (primary N) is 1. The molecule has 4 nitrogen and oxygen atoms in total. The fraction of sp³-hybridized carbons (Fsp3) is 0.467. The number of benzene rings is 1. The summed E-state index contributed by atoms with van der Waals surface area (Å²) in [6.45, 7) is 3.35. The number of rotatable bonds is 3. The first-order valence-corrected chi connectivity index (χ1v) is 7.32. The van der Waals surface area contributed by atoms with Crippen molar-refractivity contribution in [3.8, 4) is 0 Å². The Bertz CT molecular complexity index is 568. The zero-order valence-electron chi connectivity index (χ0n) is 12.3.